The monoisotopic (exact) mass is 181 g/mol. The third-order valence-corrected chi connectivity index (χ3v) is 2.08. The van der Waals surface area contributed by atoms with E-state index in [-0.39, 0.29) is 18.3 Å². The van der Waals surface area contributed by atoms with E-state index in [2.05, 4.69) is 0 Å². The molecule has 3 nitrogen and oxygen atoms in total. The standard InChI is InChI=1S/C10H15NO2/c11-5-4-9(7-12)8-2-1-3-10(13)6-8/h1-3,6,9,12-13H,4-5,7,11H2. The van der Waals surface area contributed by atoms with Crippen LogP contribution in [0.1, 0.15) is 17.9 Å². The number of aliphatic hydroxyl groups excluding tert-OH is 1. The minimum Gasteiger partial charge on any atom is -0.508 e. The van der Waals surface area contributed by atoms with Crippen LogP contribution in [0.25, 0.3) is 0 Å². The summed E-state index contributed by atoms with van der Waals surface area (Å²) in [4.78, 5) is 0. The number of benzene rings is 1. The summed E-state index contributed by atoms with van der Waals surface area (Å²) >= 11 is 0. The number of aliphatic hydroxyl groups is 1. The first kappa shape index (κ1) is 10.0. The first-order valence-electron chi connectivity index (χ1n) is 4.37. The molecule has 0 aliphatic carbocycles. The minimum absolute atomic E-state index is 0.0390. The normalized spacial score (nSPS) is 12.8. The highest BCUT2D eigenvalue weighted by Crippen LogP contribution is 2.21. The van der Waals surface area contributed by atoms with Gasteiger partial charge in [-0.05, 0) is 30.7 Å². The molecule has 0 aliphatic heterocycles. The lowest BCUT2D eigenvalue weighted by Crippen LogP contribution is -2.10. The average molecular weight is 181 g/mol. The van der Waals surface area contributed by atoms with Gasteiger partial charge in [0.2, 0.25) is 0 Å². The maximum atomic E-state index is 9.21. The second kappa shape index (κ2) is 4.84. The van der Waals surface area contributed by atoms with Crippen molar-refractivity contribution < 1.29 is 10.2 Å². The van der Waals surface area contributed by atoms with E-state index in [1.165, 1.54) is 0 Å². The first-order chi connectivity index (χ1) is 6.27. The highest BCUT2D eigenvalue weighted by molar-refractivity contribution is 5.29. The third kappa shape index (κ3) is 2.72. The molecular formula is C10H15NO2. The number of phenolic OH excluding ortho intramolecular Hbond substituents is 1. The molecule has 0 spiro atoms. The Hall–Kier alpha value is -1.06. The van der Waals surface area contributed by atoms with Gasteiger partial charge in [0.05, 0.1) is 0 Å². The Bertz CT molecular complexity index is 263. The molecule has 3 heteroatoms. The van der Waals surface area contributed by atoms with Gasteiger partial charge in [-0.2, -0.15) is 0 Å². The van der Waals surface area contributed by atoms with Crippen molar-refractivity contribution in [2.75, 3.05) is 13.2 Å². The summed E-state index contributed by atoms with van der Waals surface area (Å²) in [5.74, 6) is 0.269. The summed E-state index contributed by atoms with van der Waals surface area (Å²) < 4.78 is 0. The van der Waals surface area contributed by atoms with Gasteiger partial charge in [0.25, 0.3) is 0 Å². The molecule has 0 saturated heterocycles. The van der Waals surface area contributed by atoms with Gasteiger partial charge in [-0.25, -0.2) is 0 Å². The van der Waals surface area contributed by atoms with Crippen LogP contribution in [0.3, 0.4) is 0 Å². The molecule has 0 aromatic heterocycles. The predicted molar refractivity (Wildman–Crippen MR) is 51.6 cm³/mol. The highest BCUT2D eigenvalue weighted by atomic mass is 16.3. The maximum Gasteiger partial charge on any atom is 0.115 e. The van der Waals surface area contributed by atoms with Gasteiger partial charge >= 0.3 is 0 Å². The van der Waals surface area contributed by atoms with Crippen molar-refractivity contribution in [3.63, 3.8) is 0 Å². The van der Waals surface area contributed by atoms with Crippen molar-refractivity contribution in [3.8, 4) is 5.75 Å². The molecular weight excluding hydrogens is 166 g/mol. The maximum absolute atomic E-state index is 9.21. The van der Waals surface area contributed by atoms with Gasteiger partial charge in [0, 0.05) is 12.5 Å². The summed E-state index contributed by atoms with van der Waals surface area (Å²) in [6.45, 7) is 0.613. The molecule has 0 heterocycles. The number of nitrogens with two attached hydrogens (primary N) is 1. The summed E-state index contributed by atoms with van der Waals surface area (Å²) in [5, 5.41) is 18.3. The number of phenols is 1. The van der Waals surface area contributed by atoms with E-state index in [1.54, 1.807) is 18.2 Å². The Morgan fingerprint density at radius 3 is 2.69 bits per heavy atom. The van der Waals surface area contributed by atoms with Crippen molar-refractivity contribution in [1.82, 2.24) is 0 Å². The lowest BCUT2D eigenvalue weighted by atomic mass is 9.96. The Balaban J connectivity index is 2.78. The summed E-state index contributed by atoms with van der Waals surface area (Å²) in [6.07, 6.45) is 0.736. The molecule has 1 aromatic rings. The van der Waals surface area contributed by atoms with E-state index in [4.69, 9.17) is 10.8 Å². The van der Waals surface area contributed by atoms with E-state index < -0.39 is 0 Å². The second-order valence-corrected chi connectivity index (χ2v) is 3.05. The molecule has 0 amide bonds. The van der Waals surface area contributed by atoms with Gasteiger partial charge in [-0.3, -0.25) is 0 Å². The number of hydrogen-bond acceptors (Lipinski definition) is 3. The summed E-state index contributed by atoms with van der Waals surface area (Å²) in [7, 11) is 0. The minimum atomic E-state index is 0.0390. The van der Waals surface area contributed by atoms with Crippen LogP contribution in [-0.2, 0) is 0 Å². The van der Waals surface area contributed by atoms with E-state index in [9.17, 15) is 5.11 Å². The molecule has 0 saturated carbocycles. The Morgan fingerprint density at radius 1 is 1.38 bits per heavy atom. The van der Waals surface area contributed by atoms with E-state index >= 15 is 0 Å². The molecule has 0 radical (unpaired) electrons. The van der Waals surface area contributed by atoms with Crippen LogP contribution in [0, 0.1) is 0 Å². The zero-order valence-corrected chi connectivity index (χ0v) is 7.48. The van der Waals surface area contributed by atoms with Crippen LogP contribution in [0.4, 0.5) is 0 Å². The van der Waals surface area contributed by atoms with Gasteiger partial charge < -0.3 is 15.9 Å². The Labute approximate surface area is 77.8 Å². The van der Waals surface area contributed by atoms with Gasteiger partial charge in [0.15, 0.2) is 0 Å². The topological polar surface area (TPSA) is 66.5 Å². The largest absolute Gasteiger partial charge is 0.508 e. The van der Waals surface area contributed by atoms with Crippen LogP contribution in [0.15, 0.2) is 24.3 Å². The van der Waals surface area contributed by atoms with Crippen LogP contribution >= 0.6 is 0 Å². The van der Waals surface area contributed by atoms with E-state index in [1.807, 2.05) is 6.07 Å². The van der Waals surface area contributed by atoms with Crippen molar-refractivity contribution in [2.45, 2.75) is 12.3 Å². The van der Waals surface area contributed by atoms with Crippen molar-refractivity contribution in [2.24, 2.45) is 5.73 Å². The summed E-state index contributed by atoms with van der Waals surface area (Å²) in [6, 6.07) is 6.93. The molecule has 0 fully saturated rings. The predicted octanol–water partition coefficient (Wildman–Crippen LogP) is 0.817. The molecule has 1 aromatic carbocycles. The van der Waals surface area contributed by atoms with Crippen LogP contribution in [0.2, 0.25) is 0 Å². The molecule has 0 aliphatic rings. The second-order valence-electron chi connectivity index (χ2n) is 3.05. The lowest BCUT2D eigenvalue weighted by Gasteiger charge is -2.13. The highest BCUT2D eigenvalue weighted by Gasteiger charge is 2.09. The number of aromatic hydroxyl groups is 1. The average Bonchev–Trinajstić information content (AvgIpc) is 2.14. The fraction of sp³-hybridized carbons (Fsp3) is 0.400. The van der Waals surface area contributed by atoms with E-state index in [0.29, 0.717) is 6.54 Å². The lowest BCUT2D eigenvalue weighted by molar-refractivity contribution is 0.260. The van der Waals surface area contributed by atoms with Crippen molar-refractivity contribution >= 4 is 0 Å². The Kier molecular flexibility index (Phi) is 3.73. The molecule has 1 atom stereocenters. The molecule has 4 N–H and O–H groups in total. The zero-order chi connectivity index (χ0) is 9.68. The first-order valence-corrected chi connectivity index (χ1v) is 4.37. The SMILES string of the molecule is NCCC(CO)c1cccc(O)c1. The van der Waals surface area contributed by atoms with Crippen LogP contribution in [-0.4, -0.2) is 23.4 Å². The fourth-order valence-electron chi connectivity index (χ4n) is 1.34. The molecule has 72 valence electrons. The summed E-state index contributed by atoms with van der Waals surface area (Å²) in [5.41, 5.74) is 6.34. The fourth-order valence-corrected chi connectivity index (χ4v) is 1.34. The molecule has 1 unspecified atom stereocenters. The Morgan fingerprint density at radius 2 is 2.15 bits per heavy atom. The number of rotatable bonds is 4. The van der Waals surface area contributed by atoms with Crippen molar-refractivity contribution in [1.29, 1.82) is 0 Å². The molecule has 0 bridgehead atoms. The van der Waals surface area contributed by atoms with Crippen LogP contribution < -0.4 is 5.73 Å². The van der Waals surface area contributed by atoms with E-state index in [0.717, 1.165) is 12.0 Å². The smallest absolute Gasteiger partial charge is 0.115 e. The zero-order valence-electron chi connectivity index (χ0n) is 7.48. The molecule has 13 heavy (non-hydrogen) atoms. The van der Waals surface area contributed by atoms with Gasteiger partial charge in [0.1, 0.15) is 5.75 Å². The van der Waals surface area contributed by atoms with Crippen molar-refractivity contribution in [3.05, 3.63) is 29.8 Å². The van der Waals surface area contributed by atoms with Crippen LogP contribution in [0.5, 0.6) is 5.75 Å². The number of hydrogen-bond donors (Lipinski definition) is 3. The van der Waals surface area contributed by atoms with Gasteiger partial charge in [-0.15, -0.1) is 0 Å². The molecule has 1 rings (SSSR count). The third-order valence-electron chi connectivity index (χ3n) is 2.08. The van der Waals surface area contributed by atoms with Gasteiger partial charge in [-0.1, -0.05) is 12.1 Å². The quantitative estimate of drug-likeness (QED) is 0.644.